The molecule has 0 aliphatic heterocycles. The molecule has 0 spiro atoms. The lowest BCUT2D eigenvalue weighted by molar-refractivity contribution is -0.0148. The first kappa shape index (κ1) is 13.8. The monoisotopic (exact) mass is 293 g/mol. The number of aliphatic hydroxyl groups is 1. The van der Waals surface area contributed by atoms with Crippen molar-refractivity contribution in [2.45, 2.75) is 45.1 Å². The zero-order valence-corrected chi connectivity index (χ0v) is 13.3. The summed E-state index contributed by atoms with van der Waals surface area (Å²) in [5.41, 5.74) is 5.59. The number of allylic oxidation sites excluding steroid dienone is 3. The summed E-state index contributed by atoms with van der Waals surface area (Å²) in [4.78, 5) is 3.44. The van der Waals surface area contributed by atoms with Crippen molar-refractivity contribution in [3.63, 3.8) is 0 Å². The van der Waals surface area contributed by atoms with Crippen molar-refractivity contribution in [3.05, 3.63) is 58.8 Å². The highest BCUT2D eigenvalue weighted by atomic mass is 16.3. The molecular weight excluding hydrogens is 270 g/mol. The van der Waals surface area contributed by atoms with Gasteiger partial charge in [0, 0.05) is 23.0 Å². The molecule has 0 amide bonds. The van der Waals surface area contributed by atoms with Crippen LogP contribution in [0.3, 0.4) is 0 Å². The van der Waals surface area contributed by atoms with Gasteiger partial charge in [0.15, 0.2) is 0 Å². The smallest absolute Gasteiger partial charge is 0.0974 e. The molecule has 2 heteroatoms. The fourth-order valence-electron chi connectivity index (χ4n) is 4.35. The Morgan fingerprint density at radius 1 is 1.36 bits per heavy atom. The second-order valence-electron chi connectivity index (χ2n) is 6.72. The average Bonchev–Trinajstić information content (AvgIpc) is 2.98. The summed E-state index contributed by atoms with van der Waals surface area (Å²) >= 11 is 0. The van der Waals surface area contributed by atoms with Crippen molar-refractivity contribution in [1.82, 2.24) is 4.98 Å². The van der Waals surface area contributed by atoms with E-state index in [1.165, 1.54) is 33.2 Å². The van der Waals surface area contributed by atoms with Gasteiger partial charge >= 0.3 is 0 Å². The predicted molar refractivity (Wildman–Crippen MR) is 91.0 cm³/mol. The molecule has 0 fully saturated rings. The summed E-state index contributed by atoms with van der Waals surface area (Å²) in [5.74, 6) is 0.178. The van der Waals surface area contributed by atoms with Crippen molar-refractivity contribution in [3.8, 4) is 0 Å². The van der Waals surface area contributed by atoms with E-state index in [9.17, 15) is 5.11 Å². The van der Waals surface area contributed by atoms with E-state index in [4.69, 9.17) is 0 Å². The molecule has 2 aliphatic carbocycles. The number of nitrogens with one attached hydrogen (secondary N) is 1. The Morgan fingerprint density at radius 2 is 2.23 bits per heavy atom. The van der Waals surface area contributed by atoms with E-state index in [1.807, 2.05) is 0 Å². The fourth-order valence-corrected chi connectivity index (χ4v) is 4.35. The van der Waals surface area contributed by atoms with Crippen molar-refractivity contribution >= 4 is 10.9 Å². The molecule has 114 valence electrons. The molecule has 2 N–H and O–H groups in total. The Morgan fingerprint density at radius 3 is 2.95 bits per heavy atom. The second-order valence-corrected chi connectivity index (χ2v) is 6.72. The van der Waals surface area contributed by atoms with Gasteiger partial charge in [0.1, 0.15) is 0 Å². The summed E-state index contributed by atoms with van der Waals surface area (Å²) < 4.78 is 0. The first-order valence-electron chi connectivity index (χ1n) is 8.33. The Kier molecular flexibility index (Phi) is 3.05. The van der Waals surface area contributed by atoms with E-state index in [2.05, 4.69) is 55.4 Å². The van der Waals surface area contributed by atoms with Crippen LogP contribution in [-0.4, -0.2) is 10.1 Å². The Hall–Kier alpha value is -1.80. The number of benzene rings is 1. The zero-order chi connectivity index (χ0) is 15.3. The lowest BCUT2D eigenvalue weighted by Crippen LogP contribution is -2.38. The van der Waals surface area contributed by atoms with Gasteiger partial charge in [-0.05, 0) is 54.9 Å². The van der Waals surface area contributed by atoms with Crippen LogP contribution < -0.4 is 0 Å². The van der Waals surface area contributed by atoms with Gasteiger partial charge in [-0.25, -0.2) is 0 Å². The third-order valence-corrected chi connectivity index (χ3v) is 5.50. The van der Waals surface area contributed by atoms with Gasteiger partial charge in [-0.1, -0.05) is 37.3 Å². The molecule has 1 aromatic carbocycles. The highest BCUT2D eigenvalue weighted by Crippen LogP contribution is 2.48. The molecule has 0 saturated carbocycles. The lowest BCUT2D eigenvalue weighted by atomic mass is 9.68. The molecule has 0 bridgehead atoms. The van der Waals surface area contributed by atoms with Crippen LogP contribution in [0.4, 0.5) is 0 Å². The van der Waals surface area contributed by atoms with Crippen LogP contribution in [0.5, 0.6) is 0 Å². The Bertz CT molecular complexity index is 796. The van der Waals surface area contributed by atoms with Crippen molar-refractivity contribution in [2.24, 2.45) is 5.92 Å². The first-order valence-corrected chi connectivity index (χ1v) is 8.33. The van der Waals surface area contributed by atoms with Gasteiger partial charge in [-0.2, -0.15) is 0 Å². The van der Waals surface area contributed by atoms with Crippen molar-refractivity contribution in [1.29, 1.82) is 0 Å². The number of aromatic amines is 1. The molecule has 2 aliphatic rings. The summed E-state index contributed by atoms with van der Waals surface area (Å²) in [6.07, 6.45) is 14.3. The van der Waals surface area contributed by atoms with E-state index in [1.54, 1.807) is 0 Å². The molecule has 2 nitrogen and oxygen atoms in total. The third kappa shape index (κ3) is 1.77. The number of aryl methyl sites for hydroxylation is 3. The highest BCUT2D eigenvalue weighted by Gasteiger charge is 2.42. The molecule has 2 atom stereocenters. The molecule has 2 aromatic rings. The van der Waals surface area contributed by atoms with Crippen LogP contribution in [0, 0.1) is 12.8 Å². The summed E-state index contributed by atoms with van der Waals surface area (Å²) in [7, 11) is 0. The van der Waals surface area contributed by atoms with Crippen LogP contribution in [-0.2, 0) is 18.4 Å². The first-order chi connectivity index (χ1) is 10.6. The minimum atomic E-state index is -0.742. The van der Waals surface area contributed by atoms with E-state index in [0.717, 1.165) is 25.7 Å². The van der Waals surface area contributed by atoms with Crippen LogP contribution >= 0.6 is 0 Å². The maximum atomic E-state index is 11.7. The largest absolute Gasteiger partial charge is 0.384 e. The standard InChI is InChI=1S/C20H23NO/c1-3-14-11-13(2)19-17-15(12-21-19)9-10-20(22,18(14)17)16-7-5-4-6-8-16/h4-7,11-12,16,21-22H,3,8-10H2,1-2H3. The molecule has 22 heavy (non-hydrogen) atoms. The maximum absolute atomic E-state index is 11.7. The van der Waals surface area contributed by atoms with E-state index < -0.39 is 5.60 Å². The van der Waals surface area contributed by atoms with Gasteiger partial charge in [0.25, 0.3) is 0 Å². The number of rotatable bonds is 2. The van der Waals surface area contributed by atoms with Crippen LogP contribution in [0.1, 0.15) is 42.0 Å². The SMILES string of the molecule is CCc1cc(C)c2[nH]cc3c2c1C(O)(C1C=CC=CC1)CC3. The van der Waals surface area contributed by atoms with Gasteiger partial charge in [0.2, 0.25) is 0 Å². The second kappa shape index (κ2) is 4.85. The summed E-state index contributed by atoms with van der Waals surface area (Å²) in [6.45, 7) is 4.35. The van der Waals surface area contributed by atoms with Crippen molar-refractivity contribution < 1.29 is 5.11 Å². The minimum Gasteiger partial charge on any atom is -0.384 e. The normalized spacial score (nSPS) is 26.8. The van der Waals surface area contributed by atoms with Crippen LogP contribution in [0.25, 0.3) is 10.9 Å². The van der Waals surface area contributed by atoms with Crippen molar-refractivity contribution in [2.75, 3.05) is 0 Å². The zero-order valence-electron chi connectivity index (χ0n) is 13.3. The number of hydrogen-bond donors (Lipinski definition) is 2. The molecule has 2 unspecified atom stereocenters. The minimum absolute atomic E-state index is 0.178. The summed E-state index contributed by atoms with van der Waals surface area (Å²) in [5, 5.41) is 13.0. The third-order valence-electron chi connectivity index (χ3n) is 5.50. The molecule has 1 heterocycles. The summed E-state index contributed by atoms with van der Waals surface area (Å²) in [6, 6.07) is 2.26. The number of aromatic nitrogens is 1. The number of H-pyrrole nitrogens is 1. The lowest BCUT2D eigenvalue weighted by Gasteiger charge is -2.40. The van der Waals surface area contributed by atoms with Gasteiger partial charge < -0.3 is 10.1 Å². The van der Waals surface area contributed by atoms with E-state index >= 15 is 0 Å². The maximum Gasteiger partial charge on any atom is 0.0974 e. The van der Waals surface area contributed by atoms with Gasteiger partial charge in [-0.3, -0.25) is 0 Å². The van der Waals surface area contributed by atoms with Gasteiger partial charge in [-0.15, -0.1) is 0 Å². The Balaban J connectivity index is 2.01. The topological polar surface area (TPSA) is 36.0 Å². The molecule has 0 radical (unpaired) electrons. The molecular formula is C20H23NO. The quantitative estimate of drug-likeness (QED) is 0.850. The predicted octanol–water partition coefficient (Wildman–Crippen LogP) is 4.30. The molecule has 0 saturated heterocycles. The highest BCUT2D eigenvalue weighted by molar-refractivity contribution is 5.92. The van der Waals surface area contributed by atoms with E-state index in [-0.39, 0.29) is 5.92 Å². The average molecular weight is 293 g/mol. The fraction of sp³-hybridized carbons (Fsp3) is 0.400. The van der Waals surface area contributed by atoms with Crippen LogP contribution in [0.15, 0.2) is 36.6 Å². The molecule has 1 aromatic heterocycles. The Labute approximate surface area is 131 Å². The van der Waals surface area contributed by atoms with Crippen LogP contribution in [0.2, 0.25) is 0 Å². The van der Waals surface area contributed by atoms with Gasteiger partial charge in [0.05, 0.1) is 5.60 Å². The molecule has 4 rings (SSSR count). The van der Waals surface area contributed by atoms with E-state index in [0.29, 0.717) is 0 Å². The number of hydrogen-bond acceptors (Lipinski definition) is 1.